The van der Waals surface area contributed by atoms with Crippen LogP contribution < -0.4 is 10.1 Å². The van der Waals surface area contributed by atoms with Crippen molar-refractivity contribution < 1.29 is 23.8 Å². The molecule has 0 aromatic heterocycles. The first-order valence-electron chi connectivity index (χ1n) is 6.69. The van der Waals surface area contributed by atoms with Crippen molar-refractivity contribution in [2.24, 2.45) is 5.92 Å². The minimum Gasteiger partial charge on any atom is -0.494 e. The van der Waals surface area contributed by atoms with Gasteiger partial charge in [-0.3, -0.25) is 9.59 Å². The number of hydrogen-bond donors (Lipinski definition) is 2. The van der Waals surface area contributed by atoms with Crippen molar-refractivity contribution in [3.05, 3.63) is 29.6 Å². The molecule has 5 nitrogen and oxygen atoms in total. The molecule has 0 radical (unpaired) electrons. The minimum absolute atomic E-state index is 0.159. The quantitative estimate of drug-likeness (QED) is 0.807. The lowest BCUT2D eigenvalue weighted by atomic mass is 10.0. The van der Waals surface area contributed by atoms with Gasteiger partial charge in [0.1, 0.15) is 0 Å². The van der Waals surface area contributed by atoms with Crippen LogP contribution in [-0.2, 0) is 16.0 Å². The van der Waals surface area contributed by atoms with E-state index in [4.69, 9.17) is 9.84 Å². The number of nitrogens with one attached hydrogen (secondary N) is 1. The topological polar surface area (TPSA) is 75.6 Å². The van der Waals surface area contributed by atoms with Gasteiger partial charge in [0.05, 0.1) is 13.0 Å². The molecule has 0 aliphatic heterocycles. The van der Waals surface area contributed by atoms with Gasteiger partial charge in [-0.15, -0.1) is 0 Å². The summed E-state index contributed by atoms with van der Waals surface area (Å²) in [6.45, 7) is 3.18. The van der Waals surface area contributed by atoms with Crippen LogP contribution >= 0.6 is 0 Å². The summed E-state index contributed by atoms with van der Waals surface area (Å²) in [6, 6.07) is 4.08. The van der Waals surface area contributed by atoms with Gasteiger partial charge in [0.2, 0.25) is 5.91 Å². The van der Waals surface area contributed by atoms with E-state index in [0.717, 1.165) is 0 Å². The number of hydrogen-bond acceptors (Lipinski definition) is 3. The zero-order valence-corrected chi connectivity index (χ0v) is 12.4. The first-order chi connectivity index (χ1) is 9.85. The predicted octanol–water partition coefficient (Wildman–Crippen LogP) is 1.99. The van der Waals surface area contributed by atoms with Crippen LogP contribution in [0.15, 0.2) is 18.2 Å². The number of benzene rings is 1. The minimum atomic E-state index is -0.958. The Hall–Kier alpha value is -2.11. The number of ether oxygens (including phenoxy) is 1. The lowest BCUT2D eigenvalue weighted by Gasteiger charge is -2.17. The van der Waals surface area contributed by atoms with E-state index < -0.39 is 23.7 Å². The molecule has 6 heteroatoms. The maximum atomic E-state index is 13.5. The van der Waals surface area contributed by atoms with Crippen molar-refractivity contribution in [1.29, 1.82) is 0 Å². The van der Waals surface area contributed by atoms with Gasteiger partial charge in [0, 0.05) is 12.5 Å². The second kappa shape index (κ2) is 7.61. The number of amides is 1. The molecule has 116 valence electrons. The Morgan fingerprint density at radius 3 is 2.57 bits per heavy atom. The van der Waals surface area contributed by atoms with Crippen LogP contribution in [-0.4, -0.2) is 30.1 Å². The van der Waals surface area contributed by atoms with Crippen molar-refractivity contribution in [2.45, 2.75) is 32.7 Å². The molecule has 2 atom stereocenters. The van der Waals surface area contributed by atoms with Gasteiger partial charge in [-0.25, -0.2) is 4.39 Å². The first-order valence-corrected chi connectivity index (χ1v) is 6.69. The fourth-order valence-corrected chi connectivity index (χ4v) is 1.79. The number of aliphatic carboxylic acids is 1. The first kappa shape index (κ1) is 16.9. The number of carbonyl (C=O) groups is 2. The Morgan fingerprint density at radius 1 is 1.38 bits per heavy atom. The molecule has 0 fully saturated rings. The molecule has 0 spiro atoms. The van der Waals surface area contributed by atoms with Gasteiger partial charge in [0.25, 0.3) is 0 Å². The van der Waals surface area contributed by atoms with E-state index in [1.165, 1.54) is 26.2 Å². The molecule has 1 aromatic carbocycles. The zero-order valence-electron chi connectivity index (χ0n) is 12.4. The van der Waals surface area contributed by atoms with Gasteiger partial charge in [0.15, 0.2) is 11.6 Å². The third-order valence-electron chi connectivity index (χ3n) is 3.39. The van der Waals surface area contributed by atoms with E-state index in [1.807, 2.05) is 0 Å². The highest BCUT2D eigenvalue weighted by Crippen LogP contribution is 2.18. The number of halogens is 1. The zero-order chi connectivity index (χ0) is 16.0. The van der Waals surface area contributed by atoms with Crippen molar-refractivity contribution in [3.8, 4) is 5.75 Å². The van der Waals surface area contributed by atoms with Gasteiger partial charge in [-0.05, 0) is 38.0 Å². The van der Waals surface area contributed by atoms with Crippen LogP contribution in [0.5, 0.6) is 5.75 Å². The summed E-state index contributed by atoms with van der Waals surface area (Å²) >= 11 is 0. The molecule has 2 N–H and O–H groups in total. The molecule has 21 heavy (non-hydrogen) atoms. The Labute approximate surface area is 123 Å². The lowest BCUT2D eigenvalue weighted by molar-refractivity contribution is -0.142. The molecule has 1 aromatic rings. The number of methoxy groups -OCH3 is 1. The van der Waals surface area contributed by atoms with Gasteiger partial charge in [-0.1, -0.05) is 6.07 Å². The number of carbonyl (C=O) groups excluding carboxylic acids is 1. The van der Waals surface area contributed by atoms with Crippen LogP contribution in [0.2, 0.25) is 0 Å². The summed E-state index contributed by atoms with van der Waals surface area (Å²) in [7, 11) is 1.39. The molecular formula is C15H20FNO4. The van der Waals surface area contributed by atoms with Crippen molar-refractivity contribution in [1.82, 2.24) is 5.32 Å². The third kappa shape index (κ3) is 5.06. The van der Waals surface area contributed by atoms with E-state index in [0.29, 0.717) is 12.0 Å². The molecule has 0 aliphatic rings. The molecule has 0 heterocycles. The van der Waals surface area contributed by atoms with Gasteiger partial charge in [-0.2, -0.15) is 0 Å². The summed E-state index contributed by atoms with van der Waals surface area (Å²) in [5.74, 6) is -2.19. The summed E-state index contributed by atoms with van der Waals surface area (Å²) in [4.78, 5) is 22.5. The van der Waals surface area contributed by atoms with E-state index in [2.05, 4.69) is 5.32 Å². The van der Waals surface area contributed by atoms with E-state index in [1.54, 1.807) is 13.0 Å². The fraction of sp³-hybridized carbons (Fsp3) is 0.467. The van der Waals surface area contributed by atoms with Crippen molar-refractivity contribution >= 4 is 11.9 Å². The molecule has 0 saturated carbocycles. The van der Waals surface area contributed by atoms with Crippen LogP contribution in [0.1, 0.15) is 25.8 Å². The Morgan fingerprint density at radius 2 is 2.05 bits per heavy atom. The summed E-state index contributed by atoms with van der Waals surface area (Å²) in [5.41, 5.74) is 0.683. The lowest BCUT2D eigenvalue weighted by Crippen LogP contribution is -2.40. The van der Waals surface area contributed by atoms with Gasteiger partial charge >= 0.3 is 5.97 Å². The monoisotopic (exact) mass is 297 g/mol. The van der Waals surface area contributed by atoms with E-state index in [-0.39, 0.29) is 18.1 Å². The van der Waals surface area contributed by atoms with Crippen LogP contribution in [0.25, 0.3) is 0 Å². The Kier molecular flexibility index (Phi) is 6.14. The fourth-order valence-electron chi connectivity index (χ4n) is 1.79. The average molecular weight is 297 g/mol. The van der Waals surface area contributed by atoms with E-state index in [9.17, 15) is 14.0 Å². The smallest absolute Gasteiger partial charge is 0.308 e. The van der Waals surface area contributed by atoms with Gasteiger partial charge < -0.3 is 15.2 Å². The largest absolute Gasteiger partial charge is 0.494 e. The second-order valence-electron chi connectivity index (χ2n) is 4.95. The van der Waals surface area contributed by atoms with Crippen molar-refractivity contribution in [3.63, 3.8) is 0 Å². The van der Waals surface area contributed by atoms with Crippen LogP contribution in [0, 0.1) is 11.7 Å². The number of aryl methyl sites for hydroxylation is 1. The number of rotatable bonds is 7. The molecule has 0 aliphatic carbocycles. The summed E-state index contributed by atoms with van der Waals surface area (Å²) < 4.78 is 18.3. The highest BCUT2D eigenvalue weighted by Gasteiger charge is 2.20. The third-order valence-corrected chi connectivity index (χ3v) is 3.39. The highest BCUT2D eigenvalue weighted by atomic mass is 19.1. The maximum absolute atomic E-state index is 13.5. The van der Waals surface area contributed by atoms with Crippen LogP contribution in [0.4, 0.5) is 4.39 Å². The predicted molar refractivity (Wildman–Crippen MR) is 75.7 cm³/mol. The van der Waals surface area contributed by atoms with Crippen molar-refractivity contribution in [2.75, 3.05) is 7.11 Å². The highest BCUT2D eigenvalue weighted by molar-refractivity contribution is 5.78. The normalized spacial score (nSPS) is 13.3. The molecular weight excluding hydrogens is 277 g/mol. The molecule has 0 saturated heterocycles. The second-order valence-corrected chi connectivity index (χ2v) is 4.95. The molecule has 1 amide bonds. The average Bonchev–Trinajstić information content (AvgIpc) is 2.44. The maximum Gasteiger partial charge on any atom is 0.308 e. The number of carboxylic acid groups (broad SMARTS) is 1. The Bertz CT molecular complexity index is 518. The molecule has 0 bridgehead atoms. The summed E-state index contributed by atoms with van der Waals surface area (Å²) in [6.07, 6.45) is 0.545. The Balaban J connectivity index is 2.50. The SMILES string of the molecule is COc1ccc(CCC(=O)NC(C)C(C)C(=O)O)cc1F. The number of carboxylic acids is 1. The molecule has 1 rings (SSSR count). The van der Waals surface area contributed by atoms with E-state index >= 15 is 0 Å². The molecule has 2 unspecified atom stereocenters. The standard InChI is InChI=1S/C15H20FNO4/c1-9(15(19)20)10(2)17-14(18)7-5-11-4-6-13(21-3)12(16)8-11/h4,6,8-10H,5,7H2,1-3H3,(H,17,18)(H,19,20). The van der Waals surface area contributed by atoms with Crippen LogP contribution in [0.3, 0.4) is 0 Å². The summed E-state index contributed by atoms with van der Waals surface area (Å²) in [5, 5.41) is 11.5.